The molecule has 2 heterocycles. The van der Waals surface area contributed by atoms with Gasteiger partial charge in [-0.3, -0.25) is 0 Å². The SMILES string of the molecule is CNc1nc(Cc2csc(C)n2)ncc1I. The second-order valence-electron chi connectivity index (χ2n) is 3.27. The molecule has 0 spiro atoms. The van der Waals surface area contributed by atoms with Crippen LogP contribution in [-0.4, -0.2) is 22.0 Å². The number of nitrogens with zero attached hydrogens (tertiary/aromatic N) is 3. The second-order valence-corrected chi connectivity index (χ2v) is 5.49. The number of nitrogens with one attached hydrogen (secondary N) is 1. The third-order valence-electron chi connectivity index (χ3n) is 2.04. The number of rotatable bonds is 3. The fourth-order valence-corrected chi connectivity index (χ4v) is 2.46. The zero-order chi connectivity index (χ0) is 11.5. The average molecular weight is 346 g/mol. The van der Waals surface area contributed by atoms with E-state index in [0.717, 1.165) is 25.9 Å². The molecule has 1 N–H and O–H groups in total. The Labute approximate surface area is 112 Å². The van der Waals surface area contributed by atoms with E-state index in [1.165, 1.54) is 0 Å². The zero-order valence-electron chi connectivity index (χ0n) is 8.99. The Morgan fingerprint density at radius 2 is 2.25 bits per heavy atom. The number of aromatic nitrogens is 3. The highest BCUT2D eigenvalue weighted by Crippen LogP contribution is 2.16. The van der Waals surface area contributed by atoms with Gasteiger partial charge in [0.25, 0.3) is 0 Å². The maximum absolute atomic E-state index is 4.43. The Balaban J connectivity index is 2.21. The maximum Gasteiger partial charge on any atom is 0.142 e. The molecule has 0 fully saturated rings. The first-order valence-electron chi connectivity index (χ1n) is 4.79. The van der Waals surface area contributed by atoms with Crippen LogP contribution in [0.1, 0.15) is 16.5 Å². The van der Waals surface area contributed by atoms with Crippen LogP contribution in [0.2, 0.25) is 0 Å². The number of thiazole rings is 1. The first-order valence-corrected chi connectivity index (χ1v) is 6.75. The van der Waals surface area contributed by atoms with Crippen LogP contribution in [0.15, 0.2) is 11.6 Å². The van der Waals surface area contributed by atoms with E-state index < -0.39 is 0 Å². The number of hydrogen-bond acceptors (Lipinski definition) is 5. The number of halogens is 1. The molecule has 2 aromatic heterocycles. The summed E-state index contributed by atoms with van der Waals surface area (Å²) in [5.74, 6) is 1.67. The molecule has 0 bridgehead atoms. The highest BCUT2D eigenvalue weighted by molar-refractivity contribution is 14.1. The van der Waals surface area contributed by atoms with Crippen molar-refractivity contribution >= 4 is 39.7 Å². The molecule has 6 heteroatoms. The van der Waals surface area contributed by atoms with Gasteiger partial charge in [0.15, 0.2) is 0 Å². The summed E-state index contributed by atoms with van der Waals surface area (Å²) >= 11 is 3.86. The van der Waals surface area contributed by atoms with Gasteiger partial charge in [0.1, 0.15) is 11.6 Å². The molecule has 4 nitrogen and oxygen atoms in total. The summed E-state index contributed by atoms with van der Waals surface area (Å²) in [6.45, 7) is 2.00. The summed E-state index contributed by atoms with van der Waals surface area (Å²) in [5, 5.41) is 6.18. The lowest BCUT2D eigenvalue weighted by Gasteiger charge is -2.04. The molecule has 16 heavy (non-hydrogen) atoms. The lowest BCUT2D eigenvalue weighted by molar-refractivity contribution is 0.936. The first kappa shape index (κ1) is 11.7. The van der Waals surface area contributed by atoms with E-state index >= 15 is 0 Å². The molecule has 0 aliphatic heterocycles. The number of aryl methyl sites for hydroxylation is 1. The van der Waals surface area contributed by atoms with Crippen molar-refractivity contribution in [3.05, 3.63) is 31.7 Å². The highest BCUT2D eigenvalue weighted by atomic mass is 127. The predicted octanol–water partition coefficient (Wildman–Crippen LogP) is 2.48. The quantitative estimate of drug-likeness (QED) is 0.868. The summed E-state index contributed by atoms with van der Waals surface area (Å²) in [5.41, 5.74) is 1.03. The second kappa shape index (κ2) is 5.05. The van der Waals surface area contributed by atoms with Gasteiger partial charge in [-0.05, 0) is 29.5 Å². The summed E-state index contributed by atoms with van der Waals surface area (Å²) < 4.78 is 1.03. The smallest absolute Gasteiger partial charge is 0.142 e. The van der Waals surface area contributed by atoms with Gasteiger partial charge in [-0.2, -0.15) is 0 Å². The van der Waals surface area contributed by atoms with Gasteiger partial charge in [-0.15, -0.1) is 11.3 Å². The molecule has 0 aliphatic rings. The predicted molar refractivity (Wildman–Crippen MR) is 74.0 cm³/mol. The van der Waals surface area contributed by atoms with Crippen molar-refractivity contribution in [2.45, 2.75) is 13.3 Å². The van der Waals surface area contributed by atoms with E-state index in [9.17, 15) is 0 Å². The van der Waals surface area contributed by atoms with E-state index in [1.807, 2.05) is 20.2 Å². The van der Waals surface area contributed by atoms with Crippen LogP contribution in [0.3, 0.4) is 0 Å². The fourth-order valence-electron chi connectivity index (χ4n) is 1.32. The summed E-state index contributed by atoms with van der Waals surface area (Å²) in [6, 6.07) is 0. The van der Waals surface area contributed by atoms with E-state index in [2.05, 4.69) is 48.2 Å². The molecule has 2 rings (SSSR count). The Hall–Kier alpha value is -0.760. The lowest BCUT2D eigenvalue weighted by Crippen LogP contribution is -2.03. The Kier molecular flexibility index (Phi) is 3.70. The van der Waals surface area contributed by atoms with E-state index in [0.29, 0.717) is 6.42 Å². The van der Waals surface area contributed by atoms with E-state index in [-0.39, 0.29) is 0 Å². The van der Waals surface area contributed by atoms with Crippen LogP contribution in [-0.2, 0) is 6.42 Å². The molecule has 2 aromatic rings. The minimum Gasteiger partial charge on any atom is -0.372 e. The summed E-state index contributed by atoms with van der Waals surface area (Å²) in [7, 11) is 1.86. The molecule has 84 valence electrons. The summed E-state index contributed by atoms with van der Waals surface area (Å²) in [6.07, 6.45) is 2.52. The van der Waals surface area contributed by atoms with Crippen LogP contribution < -0.4 is 5.32 Å². The van der Waals surface area contributed by atoms with Gasteiger partial charge in [-0.1, -0.05) is 0 Å². The van der Waals surface area contributed by atoms with Gasteiger partial charge in [0, 0.05) is 18.6 Å². The van der Waals surface area contributed by atoms with Gasteiger partial charge in [-0.25, -0.2) is 15.0 Å². The normalized spacial score (nSPS) is 10.4. The Morgan fingerprint density at radius 1 is 1.44 bits per heavy atom. The van der Waals surface area contributed by atoms with Crippen molar-refractivity contribution in [3.8, 4) is 0 Å². The number of anilines is 1. The van der Waals surface area contributed by atoms with Crippen molar-refractivity contribution in [1.82, 2.24) is 15.0 Å². The molecule has 0 radical (unpaired) electrons. The van der Waals surface area contributed by atoms with Crippen molar-refractivity contribution in [2.24, 2.45) is 0 Å². The molecule has 0 saturated carbocycles. The van der Waals surface area contributed by atoms with Crippen LogP contribution >= 0.6 is 33.9 Å². The van der Waals surface area contributed by atoms with Crippen molar-refractivity contribution in [2.75, 3.05) is 12.4 Å². The highest BCUT2D eigenvalue weighted by Gasteiger charge is 2.06. The zero-order valence-corrected chi connectivity index (χ0v) is 12.0. The summed E-state index contributed by atoms with van der Waals surface area (Å²) in [4.78, 5) is 13.1. The Bertz CT molecular complexity index is 497. The minimum atomic E-state index is 0.690. The minimum absolute atomic E-state index is 0.690. The fraction of sp³-hybridized carbons (Fsp3) is 0.300. The third kappa shape index (κ3) is 2.67. The lowest BCUT2D eigenvalue weighted by atomic mass is 10.3. The van der Waals surface area contributed by atoms with Crippen molar-refractivity contribution < 1.29 is 0 Å². The van der Waals surface area contributed by atoms with Gasteiger partial charge in [0.2, 0.25) is 0 Å². The number of hydrogen-bond donors (Lipinski definition) is 1. The molecular formula is C10H11IN4S. The van der Waals surface area contributed by atoms with E-state index in [4.69, 9.17) is 0 Å². The van der Waals surface area contributed by atoms with Gasteiger partial charge in [0.05, 0.1) is 20.7 Å². The standard InChI is InChI=1S/C10H11IN4S/c1-6-14-7(5-16-6)3-9-13-4-8(11)10(12-2)15-9/h4-5H,3H2,1-2H3,(H,12,13,15). The van der Waals surface area contributed by atoms with Crippen LogP contribution in [0.5, 0.6) is 0 Å². The van der Waals surface area contributed by atoms with Crippen LogP contribution in [0.25, 0.3) is 0 Å². The van der Waals surface area contributed by atoms with Crippen molar-refractivity contribution in [3.63, 3.8) is 0 Å². The molecule has 0 saturated heterocycles. The van der Waals surface area contributed by atoms with E-state index in [1.54, 1.807) is 11.3 Å². The average Bonchev–Trinajstić information content (AvgIpc) is 2.67. The Morgan fingerprint density at radius 3 is 2.88 bits per heavy atom. The molecule has 0 aromatic carbocycles. The van der Waals surface area contributed by atoms with Gasteiger partial charge >= 0.3 is 0 Å². The van der Waals surface area contributed by atoms with Crippen LogP contribution in [0.4, 0.5) is 5.82 Å². The maximum atomic E-state index is 4.43. The molecule has 0 aliphatic carbocycles. The molecule has 0 atom stereocenters. The third-order valence-corrected chi connectivity index (χ3v) is 3.65. The molecule has 0 unspecified atom stereocenters. The molecule has 0 amide bonds. The largest absolute Gasteiger partial charge is 0.372 e. The molecular weight excluding hydrogens is 335 g/mol. The van der Waals surface area contributed by atoms with Crippen LogP contribution in [0, 0.1) is 10.5 Å². The topological polar surface area (TPSA) is 50.7 Å². The van der Waals surface area contributed by atoms with Gasteiger partial charge < -0.3 is 5.32 Å². The first-order chi connectivity index (χ1) is 7.69. The van der Waals surface area contributed by atoms with Crippen molar-refractivity contribution in [1.29, 1.82) is 0 Å². The monoisotopic (exact) mass is 346 g/mol.